The molecule has 0 atom stereocenters. The van der Waals surface area contributed by atoms with Crippen LogP contribution in [-0.4, -0.2) is 39.7 Å². The predicted molar refractivity (Wildman–Crippen MR) is 14.4 cm³/mol. The largest absolute Gasteiger partial charge is 0 e. The summed E-state index contributed by atoms with van der Waals surface area (Å²) in [5, 5.41) is 6.89. The van der Waals surface area contributed by atoms with Crippen LogP contribution in [0.25, 0.3) is 0 Å². The van der Waals surface area contributed by atoms with Crippen LogP contribution in [0.5, 0.6) is 0 Å². The number of hydrogen-bond donors (Lipinski definition) is 1. The van der Waals surface area contributed by atoms with Crippen LogP contribution in [0.2, 0.25) is 0 Å². The molecule has 0 bridgehead atoms. The van der Waals surface area contributed by atoms with Crippen LogP contribution in [0.3, 0.4) is 0 Å². The number of hydrogen-bond acceptors (Lipinski definition) is 1. The van der Waals surface area contributed by atoms with E-state index in [1.54, 1.807) is 0 Å². The summed E-state index contributed by atoms with van der Waals surface area (Å²) in [5.41, 5.74) is 0. The molecule has 4 radical (unpaired) electrons. The standard InChI is InChI=1S/BHO2.Pb/c2-1-3;/h2H;. The summed E-state index contributed by atoms with van der Waals surface area (Å²) in [6.45, 7) is 0. The zero-order chi connectivity index (χ0) is 2.71. The summed E-state index contributed by atoms with van der Waals surface area (Å²) >= 11 is 0. The van der Waals surface area contributed by atoms with Gasteiger partial charge in [0.25, 0.3) is 0 Å². The van der Waals surface area contributed by atoms with E-state index in [1.807, 2.05) is 0 Å². The molecule has 0 aromatic heterocycles. The van der Waals surface area contributed by atoms with Gasteiger partial charge in [0.15, 0.2) is 0 Å². The molecular formula is HBO2Pb. The Bertz CT molecular complexity index is 13.5. The van der Waals surface area contributed by atoms with E-state index in [1.165, 1.54) is 0 Å². The fraction of sp³-hybridized carbons (Fsp3) is 0. The second kappa shape index (κ2) is 9.53. The van der Waals surface area contributed by atoms with Crippen LogP contribution in [0.4, 0.5) is 0 Å². The molecule has 0 amide bonds. The van der Waals surface area contributed by atoms with Gasteiger partial charge >= 0.3 is 17.1 Å². The SMILES string of the molecule is O=BO.[Pb]. The van der Waals surface area contributed by atoms with E-state index in [4.69, 9.17) is 9.73 Å². The van der Waals surface area contributed by atoms with Gasteiger partial charge in [-0.1, -0.05) is 0 Å². The van der Waals surface area contributed by atoms with Crippen molar-refractivity contribution in [2.75, 3.05) is 0 Å². The third kappa shape index (κ3) is 18.9. The second-order valence-corrected chi connectivity index (χ2v) is 0.105. The predicted octanol–water partition coefficient (Wildman–Crippen LogP) is -1.44. The topological polar surface area (TPSA) is 37.3 Å². The van der Waals surface area contributed by atoms with Gasteiger partial charge in [-0.15, -0.1) is 0 Å². The molecule has 0 aliphatic heterocycles. The van der Waals surface area contributed by atoms with Crippen LogP contribution < -0.4 is 0 Å². The molecule has 0 saturated carbocycles. The minimum absolute atomic E-state index is 0. The van der Waals surface area contributed by atoms with Crippen LogP contribution in [0.15, 0.2) is 0 Å². The van der Waals surface area contributed by atoms with Gasteiger partial charge in [-0.2, -0.15) is 0 Å². The smallest absolute Gasteiger partial charge is 0 e. The van der Waals surface area contributed by atoms with Gasteiger partial charge in [-0.3, -0.25) is 0 Å². The first kappa shape index (κ1) is 8.82. The van der Waals surface area contributed by atoms with Crippen LogP contribution in [0, 0.1) is 0 Å². The Morgan fingerprint density at radius 2 is 1.75 bits per heavy atom. The minimum atomic E-state index is -0.250. The fourth-order valence-electron chi connectivity index (χ4n) is 0. The molecule has 2 nitrogen and oxygen atoms in total. The van der Waals surface area contributed by atoms with Crippen molar-refractivity contribution in [3.8, 4) is 0 Å². The molecule has 0 unspecified atom stereocenters. The average Bonchev–Trinajstić information content (AvgIpc) is 0.918. The maximum atomic E-state index is 8.36. The van der Waals surface area contributed by atoms with Crippen molar-refractivity contribution >= 4 is 34.7 Å². The quantitative estimate of drug-likeness (QED) is 0.535. The van der Waals surface area contributed by atoms with Gasteiger partial charge in [0.2, 0.25) is 0 Å². The first-order valence-electron chi connectivity index (χ1n) is 0.494. The summed E-state index contributed by atoms with van der Waals surface area (Å²) in [7, 11) is -0.250. The van der Waals surface area contributed by atoms with Gasteiger partial charge in [0.05, 0.1) is 0 Å². The van der Waals surface area contributed by atoms with E-state index < -0.39 is 0 Å². The molecule has 4 heavy (non-hydrogen) atoms. The summed E-state index contributed by atoms with van der Waals surface area (Å²) in [4.78, 5) is 0. The Morgan fingerprint density at radius 1 is 1.75 bits per heavy atom. The molecule has 0 heterocycles. The second-order valence-electron chi connectivity index (χ2n) is 0.105. The van der Waals surface area contributed by atoms with E-state index in [0.29, 0.717) is 0 Å². The Morgan fingerprint density at radius 3 is 1.75 bits per heavy atom. The molecule has 0 spiro atoms. The zero-order valence-electron chi connectivity index (χ0n) is 1.93. The summed E-state index contributed by atoms with van der Waals surface area (Å²) in [6.07, 6.45) is 0. The third-order valence-corrected chi connectivity index (χ3v) is 0. The van der Waals surface area contributed by atoms with E-state index in [2.05, 4.69) is 0 Å². The molecular weight excluding hydrogens is 250 g/mol. The molecule has 0 fully saturated rings. The molecule has 0 aliphatic carbocycles. The van der Waals surface area contributed by atoms with Gasteiger partial charge < -0.3 is 0 Å². The molecule has 4 heteroatoms. The molecule has 0 aromatic carbocycles. The average molecular weight is 251 g/mol. The van der Waals surface area contributed by atoms with Crippen molar-refractivity contribution in [3.63, 3.8) is 0 Å². The molecule has 0 aliphatic rings. The van der Waals surface area contributed by atoms with Crippen molar-refractivity contribution in [1.82, 2.24) is 0 Å². The third-order valence-electron chi connectivity index (χ3n) is 0. The van der Waals surface area contributed by atoms with E-state index >= 15 is 0 Å². The fourth-order valence-corrected chi connectivity index (χ4v) is 0. The summed E-state index contributed by atoms with van der Waals surface area (Å²) in [6, 6.07) is 0. The van der Waals surface area contributed by atoms with Gasteiger partial charge in [-0.05, 0) is 0 Å². The minimum Gasteiger partial charge on any atom is 0 e. The Kier molecular flexibility index (Phi) is 21.0. The van der Waals surface area contributed by atoms with Crippen molar-refractivity contribution in [2.24, 2.45) is 0 Å². The van der Waals surface area contributed by atoms with Crippen molar-refractivity contribution < 1.29 is 9.73 Å². The monoisotopic (exact) mass is 252 g/mol. The first-order chi connectivity index (χ1) is 1.41. The molecule has 20 valence electrons. The van der Waals surface area contributed by atoms with Crippen LogP contribution in [0.1, 0.15) is 0 Å². The first-order valence-corrected chi connectivity index (χ1v) is 0.494. The molecule has 0 saturated heterocycles. The van der Waals surface area contributed by atoms with E-state index in [0.717, 1.165) is 0 Å². The maximum Gasteiger partial charge on any atom is 0 e. The van der Waals surface area contributed by atoms with E-state index in [9.17, 15) is 0 Å². The molecule has 0 rings (SSSR count). The number of rotatable bonds is 0. The molecule has 1 N–H and O–H groups in total. The molecule has 0 aromatic rings. The van der Waals surface area contributed by atoms with Gasteiger partial charge in [0.1, 0.15) is 0 Å². The Balaban J connectivity index is 0. The van der Waals surface area contributed by atoms with Crippen molar-refractivity contribution in [3.05, 3.63) is 0 Å². The summed E-state index contributed by atoms with van der Waals surface area (Å²) in [5.74, 6) is 0. The summed E-state index contributed by atoms with van der Waals surface area (Å²) < 4.78 is 8.36. The Hall–Kier alpha value is 0.587. The van der Waals surface area contributed by atoms with E-state index in [-0.39, 0.29) is 34.7 Å². The Labute approximate surface area is 44.7 Å². The van der Waals surface area contributed by atoms with Gasteiger partial charge in [-0.25, -0.2) is 0 Å². The van der Waals surface area contributed by atoms with Crippen molar-refractivity contribution in [1.29, 1.82) is 0 Å². The zero-order valence-corrected chi connectivity index (χ0v) is 5.82. The van der Waals surface area contributed by atoms with Crippen LogP contribution >= 0.6 is 0 Å². The van der Waals surface area contributed by atoms with Crippen molar-refractivity contribution in [2.45, 2.75) is 0 Å². The van der Waals surface area contributed by atoms with Crippen LogP contribution in [-0.2, 0) is 4.70 Å². The normalized spacial score (nSPS) is 2.00. The van der Waals surface area contributed by atoms with Gasteiger partial charge in [0, 0.05) is 27.3 Å². The maximum absolute atomic E-state index is 8.36.